The topological polar surface area (TPSA) is 90.6 Å². The van der Waals surface area contributed by atoms with Crippen LogP contribution in [0.4, 0.5) is 5.69 Å². The molecule has 2 atom stereocenters. The molecule has 3 N–H and O–H groups in total. The Morgan fingerprint density at radius 1 is 1.55 bits per heavy atom. The van der Waals surface area contributed by atoms with Gasteiger partial charge in [0.15, 0.2) is 6.10 Å². The maximum Gasteiger partial charge on any atom is 0.307 e. The van der Waals surface area contributed by atoms with Crippen molar-refractivity contribution in [1.29, 1.82) is 0 Å². The van der Waals surface area contributed by atoms with E-state index < -0.39 is 6.10 Å². The number of amides is 1. The number of nitrogens with two attached hydrogens (primary N) is 1. The summed E-state index contributed by atoms with van der Waals surface area (Å²) in [6, 6.07) is 5.17. The van der Waals surface area contributed by atoms with Crippen LogP contribution in [0.5, 0.6) is 5.75 Å². The Morgan fingerprint density at radius 2 is 2.30 bits per heavy atom. The lowest BCUT2D eigenvalue weighted by Gasteiger charge is -2.24. The minimum atomic E-state index is -0.491. The van der Waals surface area contributed by atoms with Gasteiger partial charge in [-0.05, 0) is 31.0 Å². The quantitative estimate of drug-likeness (QED) is 0.796. The molecule has 0 radical (unpaired) electrons. The number of methoxy groups -OCH3 is 1. The molecule has 1 heterocycles. The van der Waals surface area contributed by atoms with Gasteiger partial charge in [0.25, 0.3) is 5.91 Å². The third-order valence-electron chi connectivity index (χ3n) is 3.13. The SMILES string of the molecule is COC(=O)CC(N)Cc1ccc2c(c1)NC(=O)C(C)O2. The molecule has 0 bridgehead atoms. The molecule has 1 amide bonds. The maximum atomic E-state index is 11.6. The van der Waals surface area contributed by atoms with E-state index in [0.717, 1.165) is 5.56 Å². The summed E-state index contributed by atoms with van der Waals surface area (Å²) in [5.74, 6) is 0.136. The second-order valence-corrected chi connectivity index (χ2v) is 4.82. The van der Waals surface area contributed by atoms with Gasteiger partial charge in [-0.1, -0.05) is 6.07 Å². The number of fused-ring (bicyclic) bond motifs is 1. The van der Waals surface area contributed by atoms with Crippen LogP contribution in [0.1, 0.15) is 18.9 Å². The lowest BCUT2D eigenvalue weighted by molar-refractivity contribution is -0.141. The molecule has 1 aromatic rings. The Labute approximate surface area is 117 Å². The Morgan fingerprint density at radius 3 is 3.00 bits per heavy atom. The van der Waals surface area contributed by atoms with Gasteiger partial charge in [0.1, 0.15) is 5.75 Å². The third kappa shape index (κ3) is 3.27. The number of anilines is 1. The Balaban J connectivity index is 2.06. The number of rotatable bonds is 4. The van der Waals surface area contributed by atoms with Crippen molar-refractivity contribution in [3.63, 3.8) is 0 Å². The molecule has 0 saturated carbocycles. The molecular formula is C14H18N2O4. The van der Waals surface area contributed by atoms with E-state index in [9.17, 15) is 9.59 Å². The van der Waals surface area contributed by atoms with Crippen molar-refractivity contribution in [2.75, 3.05) is 12.4 Å². The molecule has 0 aliphatic carbocycles. The summed E-state index contributed by atoms with van der Waals surface area (Å²) in [6.45, 7) is 1.69. The van der Waals surface area contributed by atoms with E-state index in [0.29, 0.717) is 17.9 Å². The zero-order valence-electron chi connectivity index (χ0n) is 11.5. The van der Waals surface area contributed by atoms with Crippen molar-refractivity contribution in [3.8, 4) is 5.75 Å². The average molecular weight is 278 g/mol. The van der Waals surface area contributed by atoms with Crippen LogP contribution < -0.4 is 15.8 Å². The summed E-state index contributed by atoms with van der Waals surface area (Å²) in [5, 5.41) is 2.78. The molecular weight excluding hydrogens is 260 g/mol. The normalized spacial score (nSPS) is 18.6. The highest BCUT2D eigenvalue weighted by Crippen LogP contribution is 2.30. The van der Waals surface area contributed by atoms with Crippen molar-refractivity contribution in [2.45, 2.75) is 31.9 Å². The fraction of sp³-hybridized carbons (Fsp3) is 0.429. The molecule has 1 aliphatic heterocycles. The minimum Gasteiger partial charge on any atom is -0.479 e. The van der Waals surface area contributed by atoms with Crippen LogP contribution in [-0.4, -0.2) is 31.1 Å². The van der Waals surface area contributed by atoms with Gasteiger partial charge in [0.2, 0.25) is 0 Å². The van der Waals surface area contributed by atoms with E-state index in [1.54, 1.807) is 13.0 Å². The highest BCUT2D eigenvalue weighted by Gasteiger charge is 2.23. The fourth-order valence-electron chi connectivity index (χ4n) is 2.06. The highest BCUT2D eigenvalue weighted by atomic mass is 16.5. The molecule has 108 valence electrons. The third-order valence-corrected chi connectivity index (χ3v) is 3.13. The van der Waals surface area contributed by atoms with E-state index in [1.165, 1.54) is 7.11 Å². The molecule has 6 heteroatoms. The van der Waals surface area contributed by atoms with Crippen LogP contribution in [0, 0.1) is 0 Å². The highest BCUT2D eigenvalue weighted by molar-refractivity contribution is 5.97. The molecule has 1 aliphatic rings. The maximum absolute atomic E-state index is 11.6. The summed E-state index contributed by atoms with van der Waals surface area (Å²) in [5.41, 5.74) is 7.45. The minimum absolute atomic E-state index is 0.160. The summed E-state index contributed by atoms with van der Waals surface area (Å²) >= 11 is 0. The second kappa shape index (κ2) is 5.92. The van der Waals surface area contributed by atoms with Crippen molar-refractivity contribution in [1.82, 2.24) is 0 Å². The summed E-state index contributed by atoms with van der Waals surface area (Å²) in [6.07, 6.45) is 0.191. The van der Waals surface area contributed by atoms with Gasteiger partial charge < -0.3 is 20.5 Å². The van der Waals surface area contributed by atoms with E-state index >= 15 is 0 Å². The number of esters is 1. The average Bonchev–Trinajstić information content (AvgIpc) is 2.40. The number of carbonyl (C=O) groups is 2. The number of carbonyl (C=O) groups excluding carboxylic acids is 2. The second-order valence-electron chi connectivity index (χ2n) is 4.82. The van der Waals surface area contributed by atoms with Crippen molar-refractivity contribution in [2.24, 2.45) is 5.73 Å². The first kappa shape index (κ1) is 14.3. The standard InChI is InChI=1S/C14H18N2O4/c1-8-14(18)16-11-6-9(3-4-12(11)20-8)5-10(15)7-13(17)19-2/h3-4,6,8,10H,5,7,15H2,1-2H3,(H,16,18). The fourth-order valence-corrected chi connectivity index (χ4v) is 2.06. The van der Waals surface area contributed by atoms with Crippen LogP contribution in [0.3, 0.4) is 0 Å². The van der Waals surface area contributed by atoms with Crippen molar-refractivity contribution < 1.29 is 19.1 Å². The first-order valence-corrected chi connectivity index (χ1v) is 6.42. The largest absolute Gasteiger partial charge is 0.479 e. The van der Waals surface area contributed by atoms with Crippen molar-refractivity contribution >= 4 is 17.6 Å². The number of hydrogen-bond donors (Lipinski definition) is 2. The number of hydrogen-bond acceptors (Lipinski definition) is 5. The van der Waals surface area contributed by atoms with Gasteiger partial charge in [0.05, 0.1) is 19.2 Å². The number of ether oxygens (including phenoxy) is 2. The lowest BCUT2D eigenvalue weighted by atomic mass is 10.0. The molecule has 1 aromatic carbocycles. The van der Waals surface area contributed by atoms with Crippen molar-refractivity contribution in [3.05, 3.63) is 23.8 Å². The lowest BCUT2D eigenvalue weighted by Crippen LogP contribution is -2.34. The Kier molecular flexibility index (Phi) is 4.24. The molecule has 2 rings (SSSR count). The van der Waals surface area contributed by atoms with Gasteiger partial charge in [-0.2, -0.15) is 0 Å². The number of benzene rings is 1. The van der Waals surface area contributed by atoms with Gasteiger partial charge in [-0.25, -0.2) is 0 Å². The van der Waals surface area contributed by atoms with E-state index in [2.05, 4.69) is 10.1 Å². The predicted molar refractivity (Wildman–Crippen MR) is 73.5 cm³/mol. The first-order valence-electron chi connectivity index (χ1n) is 6.42. The summed E-state index contributed by atoms with van der Waals surface area (Å²) in [4.78, 5) is 22.7. The van der Waals surface area contributed by atoms with E-state index in [-0.39, 0.29) is 24.3 Å². The molecule has 0 fully saturated rings. The van der Waals surface area contributed by atoms with Gasteiger partial charge in [-0.15, -0.1) is 0 Å². The monoisotopic (exact) mass is 278 g/mol. The first-order chi connectivity index (χ1) is 9.49. The zero-order chi connectivity index (χ0) is 14.7. The smallest absolute Gasteiger partial charge is 0.307 e. The van der Waals surface area contributed by atoms with Crippen LogP contribution in [0.15, 0.2) is 18.2 Å². The predicted octanol–water partition coefficient (Wildman–Crippen LogP) is 0.839. The van der Waals surface area contributed by atoms with Crippen LogP contribution in [-0.2, 0) is 20.7 Å². The zero-order valence-corrected chi connectivity index (χ0v) is 11.5. The van der Waals surface area contributed by atoms with Crippen LogP contribution in [0.2, 0.25) is 0 Å². The summed E-state index contributed by atoms with van der Waals surface area (Å²) in [7, 11) is 1.34. The van der Waals surface area contributed by atoms with Gasteiger partial charge >= 0.3 is 5.97 Å². The molecule has 0 saturated heterocycles. The van der Waals surface area contributed by atoms with E-state index in [4.69, 9.17) is 10.5 Å². The molecule has 0 aromatic heterocycles. The Hall–Kier alpha value is -2.08. The number of nitrogens with one attached hydrogen (secondary N) is 1. The van der Waals surface area contributed by atoms with Crippen LogP contribution >= 0.6 is 0 Å². The molecule has 2 unspecified atom stereocenters. The molecule has 20 heavy (non-hydrogen) atoms. The molecule has 6 nitrogen and oxygen atoms in total. The van der Waals surface area contributed by atoms with Crippen LogP contribution in [0.25, 0.3) is 0 Å². The summed E-state index contributed by atoms with van der Waals surface area (Å²) < 4.78 is 10.0. The molecule has 0 spiro atoms. The van der Waals surface area contributed by atoms with Gasteiger partial charge in [0, 0.05) is 6.04 Å². The van der Waals surface area contributed by atoms with E-state index in [1.807, 2.05) is 12.1 Å². The van der Waals surface area contributed by atoms with Gasteiger partial charge in [-0.3, -0.25) is 9.59 Å². The Bertz CT molecular complexity index is 530.